The summed E-state index contributed by atoms with van der Waals surface area (Å²) in [4.78, 5) is 0. The summed E-state index contributed by atoms with van der Waals surface area (Å²) in [5.41, 5.74) is 2.01. The van der Waals surface area contributed by atoms with Crippen LogP contribution < -0.4 is 5.32 Å². The lowest BCUT2D eigenvalue weighted by Gasteiger charge is -2.47. The first-order chi connectivity index (χ1) is 7.61. The van der Waals surface area contributed by atoms with Gasteiger partial charge in [0.25, 0.3) is 0 Å². The summed E-state index contributed by atoms with van der Waals surface area (Å²) < 4.78 is 5.60. The maximum atomic E-state index is 5.60. The highest BCUT2D eigenvalue weighted by Gasteiger charge is 2.44. The van der Waals surface area contributed by atoms with E-state index in [0.29, 0.717) is 5.41 Å². The van der Waals surface area contributed by atoms with Crippen molar-refractivity contribution in [2.75, 3.05) is 18.1 Å². The van der Waals surface area contributed by atoms with Crippen molar-refractivity contribution in [3.05, 3.63) is 23.7 Å². The smallest absolute Gasteiger partial charge is 0.110 e. The number of nitrogens with one attached hydrogen (secondary N) is 1. The Balaban J connectivity index is 2.00. The van der Waals surface area contributed by atoms with Crippen LogP contribution in [0.2, 0.25) is 0 Å². The van der Waals surface area contributed by atoms with Gasteiger partial charge in [-0.05, 0) is 23.7 Å². The Bertz CT molecular complexity index is 398. The molecule has 1 aromatic rings. The van der Waals surface area contributed by atoms with Gasteiger partial charge in [-0.15, -0.1) is 0 Å². The molecule has 1 fully saturated rings. The zero-order valence-electron chi connectivity index (χ0n) is 10.0. The van der Waals surface area contributed by atoms with E-state index in [1.165, 1.54) is 29.3 Å². The Morgan fingerprint density at radius 1 is 1.38 bits per heavy atom. The maximum Gasteiger partial charge on any atom is 0.110 e. The first-order valence-electron chi connectivity index (χ1n) is 6.01. The molecule has 1 spiro atoms. The van der Waals surface area contributed by atoms with Crippen molar-refractivity contribution in [1.82, 2.24) is 5.32 Å². The van der Waals surface area contributed by atoms with Crippen LogP contribution in [0.1, 0.15) is 31.6 Å². The van der Waals surface area contributed by atoms with Crippen LogP contribution in [0.15, 0.2) is 16.7 Å². The van der Waals surface area contributed by atoms with Crippen LogP contribution in [0, 0.1) is 5.41 Å². The molecule has 1 N–H and O–H groups in total. The molecule has 0 bridgehead atoms. The molecule has 2 aliphatic heterocycles. The lowest BCUT2D eigenvalue weighted by molar-refractivity contribution is 0.211. The molecule has 3 heterocycles. The second-order valence-corrected chi connectivity index (χ2v) is 6.84. The molecule has 1 saturated heterocycles. The summed E-state index contributed by atoms with van der Waals surface area (Å²) >= 11 is 2.07. The molecule has 1 atom stereocenters. The van der Waals surface area contributed by atoms with Crippen molar-refractivity contribution in [1.29, 1.82) is 0 Å². The third kappa shape index (κ3) is 1.61. The zero-order valence-corrected chi connectivity index (χ0v) is 10.8. The van der Waals surface area contributed by atoms with Gasteiger partial charge in [0.15, 0.2) is 0 Å². The highest BCUT2D eigenvalue weighted by molar-refractivity contribution is 7.99. The number of thioether (sulfide) groups is 1. The SMILES string of the molecule is CC1(C)CSCC2(C1)NCCc1occc12. The van der Waals surface area contributed by atoms with Crippen LogP contribution in [-0.4, -0.2) is 18.1 Å². The second kappa shape index (κ2) is 3.54. The van der Waals surface area contributed by atoms with Gasteiger partial charge in [0.05, 0.1) is 11.8 Å². The lowest BCUT2D eigenvalue weighted by Crippen LogP contribution is -2.53. The fourth-order valence-corrected chi connectivity index (χ4v) is 4.64. The predicted octanol–water partition coefficient (Wildman–Crippen LogP) is 2.78. The zero-order chi connectivity index (χ0) is 11.2. The number of rotatable bonds is 0. The van der Waals surface area contributed by atoms with Gasteiger partial charge in [0.1, 0.15) is 5.76 Å². The van der Waals surface area contributed by atoms with Gasteiger partial charge >= 0.3 is 0 Å². The first-order valence-corrected chi connectivity index (χ1v) is 7.17. The van der Waals surface area contributed by atoms with Crippen LogP contribution in [0.5, 0.6) is 0 Å². The number of hydrogen-bond donors (Lipinski definition) is 1. The largest absolute Gasteiger partial charge is 0.469 e. The first kappa shape index (κ1) is 10.7. The molecule has 2 aliphatic rings. The van der Waals surface area contributed by atoms with E-state index in [-0.39, 0.29) is 5.54 Å². The van der Waals surface area contributed by atoms with Crippen LogP contribution in [0.4, 0.5) is 0 Å². The summed E-state index contributed by atoms with van der Waals surface area (Å²) in [5, 5.41) is 3.75. The van der Waals surface area contributed by atoms with E-state index in [1.54, 1.807) is 0 Å². The van der Waals surface area contributed by atoms with Crippen LogP contribution in [-0.2, 0) is 12.0 Å². The molecule has 1 unspecified atom stereocenters. The van der Waals surface area contributed by atoms with E-state index in [9.17, 15) is 0 Å². The number of hydrogen-bond acceptors (Lipinski definition) is 3. The average molecular weight is 237 g/mol. The van der Waals surface area contributed by atoms with Crippen molar-refractivity contribution in [2.24, 2.45) is 5.41 Å². The minimum atomic E-state index is 0.174. The monoisotopic (exact) mass is 237 g/mol. The maximum absolute atomic E-state index is 5.60. The molecular formula is C13H19NOS. The Morgan fingerprint density at radius 2 is 2.25 bits per heavy atom. The Kier molecular flexibility index (Phi) is 2.37. The Hall–Kier alpha value is -0.410. The highest BCUT2D eigenvalue weighted by Crippen LogP contribution is 2.46. The van der Waals surface area contributed by atoms with Crippen molar-refractivity contribution in [2.45, 2.75) is 32.2 Å². The van der Waals surface area contributed by atoms with Gasteiger partial charge in [0, 0.05) is 24.3 Å². The molecule has 2 nitrogen and oxygen atoms in total. The van der Waals surface area contributed by atoms with E-state index in [1.807, 2.05) is 6.26 Å². The molecule has 1 aromatic heterocycles. The summed E-state index contributed by atoms with van der Waals surface area (Å²) in [6.07, 6.45) is 4.11. The lowest BCUT2D eigenvalue weighted by atomic mass is 9.74. The third-order valence-corrected chi connectivity index (χ3v) is 5.38. The van der Waals surface area contributed by atoms with Gasteiger partial charge in [-0.2, -0.15) is 11.8 Å². The normalized spacial score (nSPS) is 32.6. The second-order valence-electron chi connectivity index (χ2n) is 5.85. The van der Waals surface area contributed by atoms with E-state index in [0.717, 1.165) is 13.0 Å². The molecule has 16 heavy (non-hydrogen) atoms. The van der Waals surface area contributed by atoms with Gasteiger partial charge < -0.3 is 9.73 Å². The van der Waals surface area contributed by atoms with Crippen LogP contribution in [0.25, 0.3) is 0 Å². The van der Waals surface area contributed by atoms with Gasteiger partial charge in [0.2, 0.25) is 0 Å². The number of fused-ring (bicyclic) bond motifs is 2. The van der Waals surface area contributed by atoms with Crippen molar-refractivity contribution in [3.63, 3.8) is 0 Å². The fraction of sp³-hybridized carbons (Fsp3) is 0.692. The van der Waals surface area contributed by atoms with Crippen molar-refractivity contribution in [3.8, 4) is 0 Å². The average Bonchev–Trinajstić information content (AvgIpc) is 2.65. The highest BCUT2D eigenvalue weighted by atomic mass is 32.2. The summed E-state index contributed by atoms with van der Waals surface area (Å²) in [5.74, 6) is 3.66. The Labute approximate surface area is 101 Å². The molecule has 3 rings (SSSR count). The molecule has 0 aliphatic carbocycles. The topological polar surface area (TPSA) is 25.2 Å². The summed E-state index contributed by atoms with van der Waals surface area (Å²) in [7, 11) is 0. The minimum Gasteiger partial charge on any atom is -0.469 e. The summed E-state index contributed by atoms with van der Waals surface area (Å²) in [6.45, 7) is 5.80. The fourth-order valence-electron chi connectivity index (χ4n) is 3.18. The van der Waals surface area contributed by atoms with Crippen LogP contribution >= 0.6 is 11.8 Å². The van der Waals surface area contributed by atoms with Gasteiger partial charge in [-0.1, -0.05) is 13.8 Å². The summed E-state index contributed by atoms with van der Waals surface area (Å²) in [6, 6.07) is 2.17. The van der Waals surface area contributed by atoms with E-state index >= 15 is 0 Å². The molecule has 0 saturated carbocycles. The number of furan rings is 1. The van der Waals surface area contributed by atoms with Crippen molar-refractivity contribution >= 4 is 11.8 Å². The third-order valence-electron chi connectivity index (χ3n) is 3.70. The molecule has 3 heteroatoms. The van der Waals surface area contributed by atoms with E-state index in [4.69, 9.17) is 4.42 Å². The standard InChI is InChI=1S/C13H19NOS/c1-12(2)7-13(9-16-8-12)10-4-6-15-11(10)3-5-14-13/h4,6,14H,3,5,7-9H2,1-2H3. The van der Waals surface area contributed by atoms with Gasteiger partial charge in [-0.3, -0.25) is 0 Å². The van der Waals surface area contributed by atoms with Crippen LogP contribution in [0.3, 0.4) is 0 Å². The van der Waals surface area contributed by atoms with E-state index < -0.39 is 0 Å². The molecule has 0 amide bonds. The minimum absolute atomic E-state index is 0.174. The Morgan fingerprint density at radius 3 is 3.06 bits per heavy atom. The van der Waals surface area contributed by atoms with Gasteiger partial charge in [-0.25, -0.2) is 0 Å². The predicted molar refractivity (Wildman–Crippen MR) is 67.8 cm³/mol. The molecule has 88 valence electrons. The molecule has 0 aromatic carbocycles. The molecular weight excluding hydrogens is 218 g/mol. The molecule has 0 radical (unpaired) electrons. The quantitative estimate of drug-likeness (QED) is 0.751. The van der Waals surface area contributed by atoms with E-state index in [2.05, 4.69) is 37.0 Å². The van der Waals surface area contributed by atoms with Crippen molar-refractivity contribution < 1.29 is 4.42 Å².